The first-order chi connectivity index (χ1) is 12.0. The number of pyridine rings is 1. The molecule has 1 fully saturated rings. The lowest BCUT2D eigenvalue weighted by molar-refractivity contribution is 0.0718. The first-order valence-corrected chi connectivity index (χ1v) is 9.27. The number of hydrogen-bond donors (Lipinski definition) is 3. The number of benzene rings is 1. The normalized spacial score (nSPS) is 20.1. The van der Waals surface area contributed by atoms with Crippen molar-refractivity contribution in [3.63, 3.8) is 0 Å². The Kier molecular flexibility index (Phi) is 5.85. The fraction of sp³-hybridized carbons (Fsp3) is 0.333. The lowest BCUT2D eigenvalue weighted by Gasteiger charge is -2.28. The number of aliphatic hydroxyl groups excluding tert-OH is 1. The van der Waals surface area contributed by atoms with Crippen LogP contribution in [0.15, 0.2) is 36.7 Å². The highest BCUT2D eigenvalue weighted by atomic mass is 127. The van der Waals surface area contributed by atoms with E-state index in [1.165, 1.54) is 18.5 Å². The molecule has 1 aromatic heterocycles. The van der Waals surface area contributed by atoms with Gasteiger partial charge in [0.25, 0.3) is 5.91 Å². The fourth-order valence-electron chi connectivity index (χ4n) is 2.95. The van der Waals surface area contributed by atoms with Crippen LogP contribution in [0.3, 0.4) is 0 Å². The molecule has 1 unspecified atom stereocenters. The number of halogens is 2. The molecule has 3 N–H and O–H groups in total. The van der Waals surface area contributed by atoms with Gasteiger partial charge in [-0.05, 0) is 59.7 Å². The molecule has 1 saturated carbocycles. The molecule has 25 heavy (non-hydrogen) atoms. The molecule has 1 aromatic carbocycles. The van der Waals surface area contributed by atoms with Crippen LogP contribution in [0, 0.1) is 9.39 Å². The van der Waals surface area contributed by atoms with Crippen LogP contribution in [0.2, 0.25) is 0 Å². The largest absolute Gasteiger partial charge is 0.391 e. The molecule has 7 heteroatoms. The highest BCUT2D eigenvalue weighted by molar-refractivity contribution is 14.1. The van der Waals surface area contributed by atoms with Gasteiger partial charge in [-0.2, -0.15) is 0 Å². The van der Waals surface area contributed by atoms with Crippen molar-refractivity contribution < 1.29 is 14.3 Å². The zero-order valence-corrected chi connectivity index (χ0v) is 15.7. The summed E-state index contributed by atoms with van der Waals surface area (Å²) >= 11 is 2.04. The summed E-state index contributed by atoms with van der Waals surface area (Å²) in [4.78, 5) is 16.6. The molecule has 1 amide bonds. The average molecular weight is 455 g/mol. The fourth-order valence-corrected chi connectivity index (χ4v) is 3.41. The maximum absolute atomic E-state index is 14.1. The highest BCUT2D eigenvalue weighted by Gasteiger charge is 2.25. The summed E-state index contributed by atoms with van der Waals surface area (Å²) in [6.45, 7) is 0. The van der Waals surface area contributed by atoms with Gasteiger partial charge in [-0.25, -0.2) is 4.39 Å². The summed E-state index contributed by atoms with van der Waals surface area (Å²) in [5.41, 5.74) is 1.07. The molecule has 0 aliphatic heterocycles. The first-order valence-electron chi connectivity index (χ1n) is 8.19. The van der Waals surface area contributed by atoms with E-state index < -0.39 is 11.9 Å². The van der Waals surface area contributed by atoms with Crippen molar-refractivity contribution in [2.75, 3.05) is 5.32 Å². The standard InChI is InChI=1S/C18H19FIN3O2/c19-13-9-11(20)5-6-14(13)22-16-10-21-8-7-12(16)18(25)23-15-3-1-2-4-17(15)24/h5-10,15,17,22,24H,1-4H2,(H,23,25)/t15-,17?/m0/s1. The van der Waals surface area contributed by atoms with Crippen molar-refractivity contribution in [1.29, 1.82) is 0 Å². The highest BCUT2D eigenvalue weighted by Crippen LogP contribution is 2.25. The maximum atomic E-state index is 14.1. The van der Waals surface area contributed by atoms with Crippen LogP contribution in [-0.4, -0.2) is 28.1 Å². The van der Waals surface area contributed by atoms with E-state index in [2.05, 4.69) is 15.6 Å². The second-order valence-electron chi connectivity index (χ2n) is 6.10. The third-order valence-corrected chi connectivity index (χ3v) is 4.98. The number of carbonyl (C=O) groups is 1. The Bertz CT molecular complexity index is 772. The van der Waals surface area contributed by atoms with Crippen LogP contribution in [-0.2, 0) is 0 Å². The molecule has 0 spiro atoms. The minimum atomic E-state index is -0.524. The molecule has 0 radical (unpaired) electrons. The maximum Gasteiger partial charge on any atom is 0.253 e. The summed E-state index contributed by atoms with van der Waals surface area (Å²) in [5.74, 6) is -0.702. The molecule has 3 rings (SSSR count). The number of aliphatic hydroxyl groups is 1. The van der Waals surface area contributed by atoms with Crippen LogP contribution in [0.5, 0.6) is 0 Å². The van der Waals surface area contributed by atoms with Crippen molar-refractivity contribution >= 4 is 39.9 Å². The Balaban J connectivity index is 1.79. The molecule has 2 aromatic rings. The number of carbonyl (C=O) groups excluding carboxylic acids is 1. The van der Waals surface area contributed by atoms with E-state index in [1.807, 2.05) is 22.6 Å². The monoisotopic (exact) mass is 455 g/mol. The van der Waals surface area contributed by atoms with E-state index in [4.69, 9.17) is 0 Å². The van der Waals surface area contributed by atoms with Gasteiger partial charge in [0.1, 0.15) is 5.82 Å². The summed E-state index contributed by atoms with van der Waals surface area (Å²) < 4.78 is 14.9. The second-order valence-corrected chi connectivity index (χ2v) is 7.35. The Morgan fingerprint density at radius 3 is 2.80 bits per heavy atom. The number of nitrogens with one attached hydrogen (secondary N) is 2. The van der Waals surface area contributed by atoms with Gasteiger partial charge in [0, 0.05) is 9.77 Å². The molecule has 132 valence electrons. The third-order valence-electron chi connectivity index (χ3n) is 4.31. The summed E-state index contributed by atoms with van der Waals surface area (Å²) in [7, 11) is 0. The summed E-state index contributed by atoms with van der Waals surface area (Å²) in [6, 6.07) is 6.14. The molecule has 5 nitrogen and oxygen atoms in total. The predicted octanol–water partition coefficient (Wildman–Crippen LogP) is 3.60. The van der Waals surface area contributed by atoms with Gasteiger partial charge in [-0.1, -0.05) is 12.8 Å². The third kappa shape index (κ3) is 4.46. The Morgan fingerprint density at radius 1 is 1.24 bits per heavy atom. The van der Waals surface area contributed by atoms with Crippen molar-refractivity contribution in [2.45, 2.75) is 37.8 Å². The minimum absolute atomic E-state index is 0.252. The Hall–Kier alpha value is -1.74. The molecule has 2 atom stereocenters. The Morgan fingerprint density at radius 2 is 2.04 bits per heavy atom. The first kappa shape index (κ1) is 18.1. The van der Waals surface area contributed by atoms with E-state index in [1.54, 1.807) is 18.2 Å². The predicted molar refractivity (Wildman–Crippen MR) is 102 cm³/mol. The van der Waals surface area contributed by atoms with E-state index in [9.17, 15) is 14.3 Å². The van der Waals surface area contributed by atoms with Crippen molar-refractivity contribution in [2.24, 2.45) is 0 Å². The molecule has 0 saturated heterocycles. The average Bonchev–Trinajstić information content (AvgIpc) is 2.60. The Labute approximate surface area is 159 Å². The van der Waals surface area contributed by atoms with E-state index in [0.29, 0.717) is 17.7 Å². The van der Waals surface area contributed by atoms with Crippen LogP contribution < -0.4 is 10.6 Å². The van der Waals surface area contributed by atoms with Gasteiger partial charge in [-0.15, -0.1) is 0 Å². The van der Waals surface area contributed by atoms with Crippen LogP contribution in [0.25, 0.3) is 0 Å². The van der Waals surface area contributed by atoms with E-state index in [-0.39, 0.29) is 17.6 Å². The number of aromatic nitrogens is 1. The van der Waals surface area contributed by atoms with Crippen molar-refractivity contribution in [1.82, 2.24) is 10.3 Å². The number of anilines is 2. The van der Waals surface area contributed by atoms with Crippen molar-refractivity contribution in [3.05, 3.63) is 51.6 Å². The molecule has 0 bridgehead atoms. The minimum Gasteiger partial charge on any atom is -0.391 e. The van der Waals surface area contributed by atoms with Crippen molar-refractivity contribution in [3.8, 4) is 0 Å². The van der Waals surface area contributed by atoms with Gasteiger partial charge in [0.15, 0.2) is 0 Å². The molecular weight excluding hydrogens is 436 g/mol. The molecule has 1 aliphatic carbocycles. The molecule has 1 aliphatic rings. The van der Waals surface area contributed by atoms with Gasteiger partial charge in [0.2, 0.25) is 0 Å². The number of amides is 1. The van der Waals surface area contributed by atoms with E-state index >= 15 is 0 Å². The summed E-state index contributed by atoms with van der Waals surface area (Å²) in [6.07, 6.45) is 5.89. The lowest BCUT2D eigenvalue weighted by atomic mass is 9.92. The quantitative estimate of drug-likeness (QED) is 0.617. The number of rotatable bonds is 4. The summed E-state index contributed by atoms with van der Waals surface area (Å²) in [5, 5.41) is 15.9. The smallest absolute Gasteiger partial charge is 0.253 e. The van der Waals surface area contributed by atoms with E-state index in [0.717, 1.165) is 22.8 Å². The number of nitrogens with zero attached hydrogens (tertiary/aromatic N) is 1. The van der Waals surface area contributed by atoms with Gasteiger partial charge in [-0.3, -0.25) is 9.78 Å². The number of hydrogen-bond acceptors (Lipinski definition) is 4. The zero-order valence-electron chi connectivity index (χ0n) is 13.5. The topological polar surface area (TPSA) is 74.2 Å². The SMILES string of the molecule is O=C(N[C@H]1CCCCC1O)c1ccncc1Nc1ccc(I)cc1F. The van der Waals surface area contributed by atoms with Crippen LogP contribution >= 0.6 is 22.6 Å². The van der Waals surface area contributed by atoms with Gasteiger partial charge >= 0.3 is 0 Å². The van der Waals surface area contributed by atoms with Crippen LogP contribution in [0.4, 0.5) is 15.8 Å². The zero-order chi connectivity index (χ0) is 17.8. The second kappa shape index (κ2) is 8.09. The van der Waals surface area contributed by atoms with Crippen LogP contribution in [0.1, 0.15) is 36.0 Å². The van der Waals surface area contributed by atoms with Gasteiger partial charge in [0.05, 0.1) is 35.3 Å². The molecule has 1 heterocycles. The molecular formula is C18H19FIN3O2. The van der Waals surface area contributed by atoms with Gasteiger partial charge < -0.3 is 15.7 Å². The lowest BCUT2D eigenvalue weighted by Crippen LogP contribution is -2.45.